The van der Waals surface area contributed by atoms with E-state index in [1.807, 2.05) is 0 Å². The van der Waals surface area contributed by atoms with Crippen molar-refractivity contribution < 1.29 is 0 Å². The maximum absolute atomic E-state index is 2.38. The van der Waals surface area contributed by atoms with Crippen molar-refractivity contribution >= 4 is 0 Å². The first-order valence-electron chi connectivity index (χ1n) is 22.4. The van der Waals surface area contributed by atoms with Crippen molar-refractivity contribution in [1.82, 2.24) is 0 Å². The summed E-state index contributed by atoms with van der Waals surface area (Å²) in [5.74, 6) is 15.5. The van der Waals surface area contributed by atoms with Crippen LogP contribution < -0.4 is 0 Å². The van der Waals surface area contributed by atoms with Crippen LogP contribution in [0.25, 0.3) is 0 Å². The lowest BCUT2D eigenvalue weighted by Crippen LogP contribution is -2.21. The monoisotopic (exact) mass is 673 g/mol. The normalized spacial score (nSPS) is 31.5. The van der Waals surface area contributed by atoms with Gasteiger partial charge in [-0.2, -0.15) is 0 Å². The summed E-state index contributed by atoms with van der Waals surface area (Å²) in [4.78, 5) is 0. The Bertz CT molecular complexity index is 528. The molecule has 4 aliphatic carbocycles. The van der Waals surface area contributed by atoms with E-state index in [-0.39, 0.29) is 0 Å². The molecule has 0 aromatic heterocycles. The minimum Gasteiger partial charge on any atom is -0.0625 e. The van der Waals surface area contributed by atoms with E-state index in [9.17, 15) is 0 Å². The zero-order chi connectivity index (χ0) is 36.6. The van der Waals surface area contributed by atoms with Crippen LogP contribution in [0.5, 0.6) is 0 Å². The molecule has 0 amide bonds. The van der Waals surface area contributed by atoms with E-state index >= 15 is 0 Å². The maximum Gasteiger partial charge on any atom is -0.0391 e. The molecule has 48 heavy (non-hydrogen) atoms. The molecule has 288 valence electrons. The molecule has 0 heterocycles. The van der Waals surface area contributed by atoms with E-state index in [1.165, 1.54) is 103 Å². The number of hydrogen-bond donors (Lipinski definition) is 0. The molecule has 4 saturated carbocycles. The number of rotatable bonds is 8. The molecule has 0 heteroatoms. The van der Waals surface area contributed by atoms with Crippen molar-refractivity contribution in [2.24, 2.45) is 94.7 Å². The first kappa shape index (κ1) is 46.0. The molecular weight excluding hydrogens is 577 g/mol. The summed E-state index contributed by atoms with van der Waals surface area (Å²) in [7, 11) is 0. The van der Waals surface area contributed by atoms with Gasteiger partial charge in [0, 0.05) is 0 Å². The summed E-state index contributed by atoms with van der Waals surface area (Å²) < 4.78 is 0. The largest absolute Gasteiger partial charge is 0.0625 e. The Morgan fingerprint density at radius 1 is 0.167 bits per heavy atom. The van der Waals surface area contributed by atoms with Gasteiger partial charge in [-0.3, -0.25) is 0 Å². The predicted molar refractivity (Wildman–Crippen MR) is 220 cm³/mol. The topological polar surface area (TPSA) is 0 Å². The van der Waals surface area contributed by atoms with Crippen LogP contribution in [-0.2, 0) is 0 Å². The smallest absolute Gasteiger partial charge is 0.0391 e. The Labute approximate surface area is 307 Å². The predicted octanol–water partition coefficient (Wildman–Crippen LogP) is 16.4. The van der Waals surface area contributed by atoms with Crippen LogP contribution in [0.3, 0.4) is 0 Å². The van der Waals surface area contributed by atoms with Gasteiger partial charge in [0.2, 0.25) is 0 Å². The summed E-state index contributed by atoms with van der Waals surface area (Å²) in [6.07, 6.45) is 23.8. The lowest BCUT2D eigenvalue weighted by molar-refractivity contribution is 0.189. The van der Waals surface area contributed by atoms with Gasteiger partial charge in [0.05, 0.1) is 0 Å². The van der Waals surface area contributed by atoms with Crippen molar-refractivity contribution in [2.45, 2.75) is 214 Å². The second kappa shape index (κ2) is 24.3. The Balaban J connectivity index is 0.000000320. The molecule has 0 radical (unpaired) electrons. The second-order valence-electron chi connectivity index (χ2n) is 20.7. The highest BCUT2D eigenvalue weighted by molar-refractivity contribution is 4.78. The van der Waals surface area contributed by atoms with Crippen molar-refractivity contribution in [3.63, 3.8) is 0 Å². The minimum absolute atomic E-state index is 0.915. The van der Waals surface area contributed by atoms with Gasteiger partial charge >= 0.3 is 0 Å². The third-order valence-electron chi connectivity index (χ3n) is 14.8. The molecule has 0 aromatic rings. The molecule has 0 aliphatic heterocycles. The summed E-state index contributed by atoms with van der Waals surface area (Å²) >= 11 is 0. The van der Waals surface area contributed by atoms with Crippen LogP contribution in [0.2, 0.25) is 0 Å². The maximum atomic E-state index is 2.38. The van der Waals surface area contributed by atoms with Crippen LogP contribution in [0.1, 0.15) is 214 Å². The van der Waals surface area contributed by atoms with Crippen LogP contribution in [-0.4, -0.2) is 0 Å². The van der Waals surface area contributed by atoms with Gasteiger partial charge in [-0.05, 0) is 197 Å². The standard InChI is InChI=1S/4C12H24/c4*1-9(2)11-5-7-12(8-6-11)10(3)4/h4*9-12H,5-8H2,1-4H3. The highest BCUT2D eigenvalue weighted by Gasteiger charge is 2.27. The Morgan fingerprint density at radius 3 is 0.271 bits per heavy atom. The van der Waals surface area contributed by atoms with Crippen molar-refractivity contribution in [3.8, 4) is 0 Å². The fourth-order valence-corrected chi connectivity index (χ4v) is 9.91. The molecule has 0 saturated heterocycles. The molecule has 0 spiro atoms. The highest BCUT2D eigenvalue weighted by atomic mass is 14.3. The summed E-state index contributed by atoms with van der Waals surface area (Å²) in [5.41, 5.74) is 0. The SMILES string of the molecule is CC(C)C1CCC(C(C)C)CC1.CC(C)C1CCC(C(C)C)CC1.CC(C)C1CCC(C(C)C)CC1.CC(C)C1CCC(C(C)C)CC1. The van der Waals surface area contributed by atoms with E-state index in [0.717, 1.165) is 94.7 Å². The van der Waals surface area contributed by atoms with E-state index < -0.39 is 0 Å². The molecular formula is C48H96. The zero-order valence-corrected chi connectivity index (χ0v) is 36.6. The van der Waals surface area contributed by atoms with Gasteiger partial charge in [-0.25, -0.2) is 0 Å². The molecule has 0 atom stereocenters. The molecule has 0 bridgehead atoms. The summed E-state index contributed by atoms with van der Waals surface area (Å²) in [5, 5.41) is 0. The van der Waals surface area contributed by atoms with Gasteiger partial charge in [0.1, 0.15) is 0 Å². The van der Waals surface area contributed by atoms with E-state index in [4.69, 9.17) is 0 Å². The summed E-state index contributed by atoms with van der Waals surface area (Å²) in [6.45, 7) is 38.0. The van der Waals surface area contributed by atoms with Crippen molar-refractivity contribution in [2.75, 3.05) is 0 Å². The lowest BCUT2D eigenvalue weighted by atomic mass is 9.73. The highest BCUT2D eigenvalue weighted by Crippen LogP contribution is 2.39. The average Bonchev–Trinajstić information content (AvgIpc) is 3.05. The molecule has 0 unspecified atom stereocenters. The van der Waals surface area contributed by atoms with Crippen LogP contribution >= 0.6 is 0 Å². The molecule has 0 nitrogen and oxygen atoms in total. The summed E-state index contributed by atoms with van der Waals surface area (Å²) in [6, 6.07) is 0. The van der Waals surface area contributed by atoms with E-state index in [0.29, 0.717) is 0 Å². The first-order valence-corrected chi connectivity index (χ1v) is 22.4. The number of hydrogen-bond acceptors (Lipinski definition) is 0. The molecule has 0 aromatic carbocycles. The lowest BCUT2D eigenvalue weighted by Gasteiger charge is -2.32. The van der Waals surface area contributed by atoms with Gasteiger partial charge in [0.15, 0.2) is 0 Å². The first-order chi connectivity index (χ1) is 22.4. The molecule has 0 N–H and O–H groups in total. The molecule has 4 aliphatic rings. The average molecular weight is 673 g/mol. The van der Waals surface area contributed by atoms with Crippen LogP contribution in [0.4, 0.5) is 0 Å². The fourth-order valence-electron chi connectivity index (χ4n) is 9.91. The third kappa shape index (κ3) is 18.0. The second-order valence-corrected chi connectivity index (χ2v) is 20.7. The van der Waals surface area contributed by atoms with Gasteiger partial charge < -0.3 is 0 Å². The Kier molecular flexibility index (Phi) is 23.3. The minimum atomic E-state index is 0.915. The van der Waals surface area contributed by atoms with Crippen LogP contribution in [0, 0.1) is 94.7 Å². The van der Waals surface area contributed by atoms with E-state index in [1.54, 1.807) is 0 Å². The van der Waals surface area contributed by atoms with E-state index in [2.05, 4.69) is 111 Å². The van der Waals surface area contributed by atoms with Crippen molar-refractivity contribution in [3.05, 3.63) is 0 Å². The van der Waals surface area contributed by atoms with Crippen molar-refractivity contribution in [1.29, 1.82) is 0 Å². The fraction of sp³-hybridized carbons (Fsp3) is 1.00. The van der Waals surface area contributed by atoms with Crippen LogP contribution in [0.15, 0.2) is 0 Å². The Hall–Kier alpha value is 0. The molecule has 4 fully saturated rings. The van der Waals surface area contributed by atoms with Gasteiger partial charge in [-0.15, -0.1) is 0 Å². The van der Waals surface area contributed by atoms with Gasteiger partial charge in [0.25, 0.3) is 0 Å². The third-order valence-corrected chi connectivity index (χ3v) is 14.8. The van der Waals surface area contributed by atoms with Gasteiger partial charge in [-0.1, -0.05) is 111 Å². The zero-order valence-electron chi connectivity index (χ0n) is 36.6. The Morgan fingerprint density at radius 2 is 0.229 bits per heavy atom. The molecule has 4 rings (SSSR count). The quantitative estimate of drug-likeness (QED) is 0.241.